The van der Waals surface area contributed by atoms with Crippen molar-refractivity contribution in [3.05, 3.63) is 59.4 Å². The maximum absolute atomic E-state index is 11.7. The normalized spacial score (nSPS) is 10.5. The Morgan fingerprint density at radius 2 is 2.05 bits per heavy atom. The number of benzene rings is 2. The van der Waals surface area contributed by atoms with Crippen molar-refractivity contribution in [2.24, 2.45) is 0 Å². The second-order valence-electron chi connectivity index (χ2n) is 4.45. The minimum absolute atomic E-state index is 0.227. The third kappa shape index (κ3) is 3.32. The monoisotopic (exact) mass is 301 g/mol. The van der Waals surface area contributed by atoms with E-state index in [1.807, 2.05) is 30.3 Å². The molecule has 0 aliphatic carbocycles. The van der Waals surface area contributed by atoms with Crippen LogP contribution in [-0.2, 0) is 11.3 Å². The van der Waals surface area contributed by atoms with Gasteiger partial charge in [0.25, 0.3) is 0 Å². The van der Waals surface area contributed by atoms with Crippen LogP contribution in [0.15, 0.2) is 48.5 Å². The number of rotatable bonds is 3. The molecule has 0 unspecified atom stereocenters. The molecule has 1 aromatic heterocycles. The maximum atomic E-state index is 11.7. The summed E-state index contributed by atoms with van der Waals surface area (Å²) in [4.78, 5) is 18.7. The first kappa shape index (κ1) is 13.5. The standard InChI is InChI=1S/C15H12ClN3O2/c16-14-18-12-7-6-11(8-13(12)19-14)17-15(20)21-9-10-4-2-1-3-5-10/h1-8H,9H2,(H,17,20)(H,18,19). The molecular weight excluding hydrogens is 290 g/mol. The molecule has 0 fully saturated rings. The minimum Gasteiger partial charge on any atom is -0.444 e. The van der Waals surface area contributed by atoms with Crippen LogP contribution in [0.4, 0.5) is 10.5 Å². The molecule has 0 spiro atoms. The SMILES string of the molecule is O=C(Nc1ccc2nc(Cl)[nH]c2c1)OCc1ccccc1. The van der Waals surface area contributed by atoms with Gasteiger partial charge in [-0.25, -0.2) is 9.78 Å². The lowest BCUT2D eigenvalue weighted by atomic mass is 10.2. The zero-order chi connectivity index (χ0) is 14.7. The average molecular weight is 302 g/mol. The van der Waals surface area contributed by atoms with E-state index in [4.69, 9.17) is 16.3 Å². The number of H-pyrrole nitrogens is 1. The van der Waals surface area contributed by atoms with E-state index in [-0.39, 0.29) is 6.61 Å². The first-order valence-electron chi connectivity index (χ1n) is 6.34. The van der Waals surface area contributed by atoms with Gasteiger partial charge in [-0.3, -0.25) is 5.32 Å². The highest BCUT2D eigenvalue weighted by molar-refractivity contribution is 6.29. The van der Waals surface area contributed by atoms with E-state index >= 15 is 0 Å². The van der Waals surface area contributed by atoms with Crippen LogP contribution in [0.5, 0.6) is 0 Å². The van der Waals surface area contributed by atoms with Gasteiger partial charge in [-0.05, 0) is 35.4 Å². The predicted molar refractivity (Wildman–Crippen MR) is 81.4 cm³/mol. The molecule has 3 rings (SSSR count). The highest BCUT2D eigenvalue weighted by atomic mass is 35.5. The van der Waals surface area contributed by atoms with E-state index in [2.05, 4.69) is 15.3 Å². The van der Waals surface area contributed by atoms with Gasteiger partial charge in [0.2, 0.25) is 5.28 Å². The average Bonchev–Trinajstić information content (AvgIpc) is 2.85. The molecule has 5 nitrogen and oxygen atoms in total. The molecule has 3 aromatic rings. The number of amides is 1. The molecule has 0 radical (unpaired) electrons. The van der Waals surface area contributed by atoms with Gasteiger partial charge in [0.1, 0.15) is 6.61 Å². The Bertz CT molecular complexity index is 771. The van der Waals surface area contributed by atoms with Crippen LogP contribution >= 0.6 is 11.6 Å². The molecule has 0 aliphatic rings. The summed E-state index contributed by atoms with van der Waals surface area (Å²) in [6.07, 6.45) is -0.510. The molecule has 0 aliphatic heterocycles. The van der Waals surface area contributed by atoms with E-state index in [0.717, 1.165) is 16.6 Å². The number of hydrogen-bond donors (Lipinski definition) is 2. The molecule has 0 saturated heterocycles. The highest BCUT2D eigenvalue weighted by Gasteiger charge is 2.06. The number of nitrogens with zero attached hydrogens (tertiary/aromatic N) is 1. The molecule has 106 valence electrons. The van der Waals surface area contributed by atoms with Crippen LogP contribution in [-0.4, -0.2) is 16.1 Å². The van der Waals surface area contributed by atoms with Gasteiger partial charge >= 0.3 is 6.09 Å². The Labute approximate surface area is 125 Å². The van der Waals surface area contributed by atoms with Gasteiger partial charge in [-0.1, -0.05) is 30.3 Å². The quantitative estimate of drug-likeness (QED) is 0.769. The molecule has 1 heterocycles. The highest BCUT2D eigenvalue weighted by Crippen LogP contribution is 2.19. The van der Waals surface area contributed by atoms with Crippen molar-refractivity contribution in [2.45, 2.75) is 6.61 Å². The number of nitrogens with one attached hydrogen (secondary N) is 2. The molecule has 6 heteroatoms. The zero-order valence-corrected chi connectivity index (χ0v) is 11.7. The number of halogens is 1. The largest absolute Gasteiger partial charge is 0.444 e. The Morgan fingerprint density at radius 3 is 2.86 bits per heavy atom. The number of ether oxygens (including phenoxy) is 1. The summed E-state index contributed by atoms with van der Waals surface area (Å²) in [5.74, 6) is 0. The van der Waals surface area contributed by atoms with Crippen molar-refractivity contribution in [1.29, 1.82) is 0 Å². The van der Waals surface area contributed by atoms with Gasteiger partial charge in [0.15, 0.2) is 0 Å². The second kappa shape index (κ2) is 5.85. The summed E-state index contributed by atoms with van der Waals surface area (Å²) in [6.45, 7) is 0.227. The van der Waals surface area contributed by atoms with Crippen LogP contribution in [0.25, 0.3) is 11.0 Å². The first-order valence-corrected chi connectivity index (χ1v) is 6.71. The Kier molecular flexibility index (Phi) is 3.75. The topological polar surface area (TPSA) is 67.0 Å². The molecule has 2 aromatic carbocycles. The van der Waals surface area contributed by atoms with Gasteiger partial charge in [-0.2, -0.15) is 0 Å². The van der Waals surface area contributed by atoms with Crippen molar-refractivity contribution >= 4 is 34.4 Å². The number of aromatic amines is 1. The number of imidazole rings is 1. The molecule has 0 bridgehead atoms. The third-order valence-electron chi connectivity index (χ3n) is 2.91. The van der Waals surface area contributed by atoms with Crippen LogP contribution in [0.2, 0.25) is 5.28 Å². The predicted octanol–water partition coefficient (Wildman–Crippen LogP) is 3.97. The minimum atomic E-state index is -0.510. The summed E-state index contributed by atoms with van der Waals surface area (Å²) in [7, 11) is 0. The van der Waals surface area contributed by atoms with Gasteiger partial charge < -0.3 is 9.72 Å². The number of hydrogen-bond acceptors (Lipinski definition) is 3. The Hall–Kier alpha value is -2.53. The number of aromatic nitrogens is 2. The van der Waals surface area contributed by atoms with E-state index in [0.29, 0.717) is 11.0 Å². The fraction of sp³-hybridized carbons (Fsp3) is 0.0667. The van der Waals surface area contributed by atoms with Crippen LogP contribution in [0.3, 0.4) is 0 Å². The molecule has 21 heavy (non-hydrogen) atoms. The van der Waals surface area contributed by atoms with Crippen molar-refractivity contribution in [1.82, 2.24) is 9.97 Å². The number of carbonyl (C=O) groups excluding carboxylic acids is 1. The summed E-state index contributed by atoms with van der Waals surface area (Å²) in [5, 5.41) is 2.98. The number of carbonyl (C=O) groups is 1. The van der Waals surface area contributed by atoms with Crippen molar-refractivity contribution in [3.8, 4) is 0 Å². The van der Waals surface area contributed by atoms with Crippen molar-refractivity contribution < 1.29 is 9.53 Å². The van der Waals surface area contributed by atoms with Crippen LogP contribution in [0.1, 0.15) is 5.56 Å². The Morgan fingerprint density at radius 1 is 1.24 bits per heavy atom. The summed E-state index contributed by atoms with van der Waals surface area (Å²) in [5.41, 5.74) is 3.04. The van der Waals surface area contributed by atoms with Crippen molar-refractivity contribution in [3.63, 3.8) is 0 Å². The fourth-order valence-corrected chi connectivity index (χ4v) is 2.13. The maximum Gasteiger partial charge on any atom is 0.411 e. The first-order chi connectivity index (χ1) is 10.2. The summed E-state index contributed by atoms with van der Waals surface area (Å²) < 4.78 is 5.15. The van der Waals surface area contributed by atoms with E-state index in [1.165, 1.54) is 0 Å². The molecular formula is C15H12ClN3O2. The smallest absolute Gasteiger partial charge is 0.411 e. The molecule has 1 amide bonds. The molecule has 2 N–H and O–H groups in total. The van der Waals surface area contributed by atoms with Crippen LogP contribution < -0.4 is 5.32 Å². The van der Waals surface area contributed by atoms with Crippen LogP contribution in [0, 0.1) is 0 Å². The zero-order valence-electron chi connectivity index (χ0n) is 11.0. The summed E-state index contributed by atoms with van der Waals surface area (Å²) >= 11 is 5.78. The fourth-order valence-electron chi connectivity index (χ4n) is 1.93. The van der Waals surface area contributed by atoms with Crippen molar-refractivity contribution in [2.75, 3.05) is 5.32 Å². The lowest BCUT2D eigenvalue weighted by molar-refractivity contribution is 0.155. The second-order valence-corrected chi connectivity index (χ2v) is 4.80. The summed E-state index contributed by atoms with van der Waals surface area (Å²) in [6, 6.07) is 14.7. The van der Waals surface area contributed by atoms with Gasteiger partial charge in [-0.15, -0.1) is 0 Å². The molecule has 0 saturated carbocycles. The van der Waals surface area contributed by atoms with E-state index in [1.54, 1.807) is 18.2 Å². The van der Waals surface area contributed by atoms with Gasteiger partial charge in [0, 0.05) is 5.69 Å². The van der Waals surface area contributed by atoms with E-state index < -0.39 is 6.09 Å². The number of anilines is 1. The third-order valence-corrected chi connectivity index (χ3v) is 3.09. The van der Waals surface area contributed by atoms with E-state index in [9.17, 15) is 4.79 Å². The van der Waals surface area contributed by atoms with Gasteiger partial charge in [0.05, 0.1) is 11.0 Å². The Balaban J connectivity index is 1.63. The number of fused-ring (bicyclic) bond motifs is 1. The molecule has 0 atom stereocenters. The lowest BCUT2D eigenvalue weighted by Crippen LogP contribution is -2.13. The lowest BCUT2D eigenvalue weighted by Gasteiger charge is -2.07.